The standard InChI is InChI=1S/C21H29N3O2.ClH/c22-19-15-2-1-3-16(19)11-17(10-15)21(26)24(18-8-9-18)12-13-4-6-14(7-5-13)20(23)25;/h4-7,15-19H,1-3,8-12,22H2,(H2,23,25);1H. The van der Waals surface area contributed by atoms with E-state index in [-0.39, 0.29) is 18.3 Å². The molecule has 4 N–H and O–H groups in total. The number of carbonyl (C=O) groups is 2. The first-order chi connectivity index (χ1) is 12.5. The molecule has 3 saturated carbocycles. The number of fused-ring (bicyclic) bond motifs is 2. The maximum Gasteiger partial charge on any atom is 0.248 e. The van der Waals surface area contributed by atoms with Gasteiger partial charge in [0.1, 0.15) is 0 Å². The lowest BCUT2D eigenvalue weighted by atomic mass is 9.65. The van der Waals surface area contributed by atoms with Gasteiger partial charge in [-0.15, -0.1) is 12.4 Å². The Balaban J connectivity index is 0.00000210. The highest BCUT2D eigenvalue weighted by Crippen LogP contribution is 2.43. The predicted molar refractivity (Wildman–Crippen MR) is 107 cm³/mol. The van der Waals surface area contributed by atoms with E-state index in [4.69, 9.17) is 11.5 Å². The summed E-state index contributed by atoms with van der Waals surface area (Å²) >= 11 is 0. The van der Waals surface area contributed by atoms with Crippen LogP contribution in [-0.4, -0.2) is 28.8 Å². The number of nitrogens with zero attached hydrogens (tertiary/aromatic N) is 1. The maximum atomic E-state index is 13.3. The number of halogens is 1. The Bertz CT molecular complexity index is 675. The average Bonchev–Trinajstić information content (AvgIpc) is 3.44. The number of hydrogen-bond donors (Lipinski definition) is 2. The zero-order chi connectivity index (χ0) is 18.3. The van der Waals surface area contributed by atoms with Gasteiger partial charge in [-0.2, -0.15) is 0 Å². The van der Waals surface area contributed by atoms with Crippen molar-refractivity contribution < 1.29 is 9.59 Å². The predicted octanol–water partition coefficient (Wildman–Crippen LogP) is 2.85. The first kappa shape index (κ1) is 20.2. The summed E-state index contributed by atoms with van der Waals surface area (Å²) in [6.07, 6.45) is 7.75. The van der Waals surface area contributed by atoms with Gasteiger partial charge in [-0.25, -0.2) is 0 Å². The van der Waals surface area contributed by atoms with Crippen molar-refractivity contribution in [2.24, 2.45) is 29.2 Å². The van der Waals surface area contributed by atoms with Crippen molar-refractivity contribution in [2.45, 2.75) is 63.6 Å². The fraction of sp³-hybridized carbons (Fsp3) is 0.619. The van der Waals surface area contributed by atoms with Crippen LogP contribution in [0.4, 0.5) is 0 Å². The minimum Gasteiger partial charge on any atom is -0.366 e. The average molecular weight is 392 g/mol. The number of nitrogens with two attached hydrogens (primary N) is 2. The summed E-state index contributed by atoms with van der Waals surface area (Å²) < 4.78 is 0. The normalized spacial score (nSPS) is 29.5. The Kier molecular flexibility index (Phi) is 6.11. The molecule has 6 heteroatoms. The van der Waals surface area contributed by atoms with Crippen molar-refractivity contribution in [2.75, 3.05) is 0 Å². The molecule has 3 aliphatic carbocycles. The minimum absolute atomic E-state index is 0. The molecule has 1 aromatic carbocycles. The van der Waals surface area contributed by atoms with Crippen molar-refractivity contribution in [3.8, 4) is 0 Å². The summed E-state index contributed by atoms with van der Waals surface area (Å²) in [5.41, 5.74) is 13.3. The van der Waals surface area contributed by atoms with Gasteiger partial charge in [-0.1, -0.05) is 18.6 Å². The third-order valence-electron chi connectivity index (χ3n) is 6.62. The molecular formula is C21H30ClN3O2. The second kappa shape index (κ2) is 8.19. The summed E-state index contributed by atoms with van der Waals surface area (Å²) in [6, 6.07) is 7.99. The zero-order valence-electron chi connectivity index (χ0n) is 15.7. The second-order valence-corrected chi connectivity index (χ2v) is 8.46. The Morgan fingerprint density at radius 1 is 1.00 bits per heavy atom. The van der Waals surface area contributed by atoms with E-state index < -0.39 is 5.91 Å². The third-order valence-corrected chi connectivity index (χ3v) is 6.62. The molecular weight excluding hydrogens is 362 g/mol. The van der Waals surface area contributed by atoms with Crippen LogP contribution >= 0.6 is 12.4 Å². The van der Waals surface area contributed by atoms with E-state index in [0.717, 1.165) is 31.2 Å². The van der Waals surface area contributed by atoms with Crippen LogP contribution < -0.4 is 11.5 Å². The summed E-state index contributed by atoms with van der Waals surface area (Å²) in [7, 11) is 0. The molecule has 27 heavy (non-hydrogen) atoms. The lowest BCUT2D eigenvalue weighted by molar-refractivity contribution is -0.140. The molecule has 2 amide bonds. The smallest absolute Gasteiger partial charge is 0.248 e. The van der Waals surface area contributed by atoms with E-state index in [1.807, 2.05) is 12.1 Å². The number of primary amides is 1. The monoisotopic (exact) mass is 391 g/mol. The number of rotatable bonds is 5. The van der Waals surface area contributed by atoms with Gasteiger partial charge in [-0.05, 0) is 68.1 Å². The molecule has 2 unspecified atom stereocenters. The second-order valence-electron chi connectivity index (χ2n) is 8.46. The molecule has 3 aliphatic rings. The third kappa shape index (κ3) is 4.30. The minimum atomic E-state index is -0.420. The van der Waals surface area contributed by atoms with Gasteiger partial charge in [-0.3, -0.25) is 9.59 Å². The SMILES string of the molecule is Cl.NC(=O)c1ccc(CN(C(=O)C2CC3CCCC(C2)C3N)C2CC2)cc1. The van der Waals surface area contributed by atoms with Crippen LogP contribution in [-0.2, 0) is 11.3 Å². The van der Waals surface area contributed by atoms with Crippen LogP contribution in [0.25, 0.3) is 0 Å². The summed E-state index contributed by atoms with van der Waals surface area (Å²) in [5, 5.41) is 0. The van der Waals surface area contributed by atoms with E-state index in [9.17, 15) is 9.59 Å². The van der Waals surface area contributed by atoms with Crippen LogP contribution in [0.1, 0.15) is 60.9 Å². The van der Waals surface area contributed by atoms with Crippen molar-refractivity contribution in [1.82, 2.24) is 4.90 Å². The molecule has 0 spiro atoms. The molecule has 3 fully saturated rings. The highest BCUT2D eigenvalue weighted by molar-refractivity contribution is 5.92. The highest BCUT2D eigenvalue weighted by atomic mass is 35.5. The first-order valence-electron chi connectivity index (χ1n) is 9.97. The van der Waals surface area contributed by atoms with Gasteiger partial charge >= 0.3 is 0 Å². The van der Waals surface area contributed by atoms with E-state index in [0.29, 0.717) is 41.9 Å². The highest BCUT2D eigenvalue weighted by Gasteiger charge is 2.43. The number of hydrogen-bond acceptors (Lipinski definition) is 3. The lowest BCUT2D eigenvalue weighted by Crippen LogP contribution is -2.50. The van der Waals surface area contributed by atoms with Gasteiger partial charge in [0.2, 0.25) is 11.8 Å². The Hall–Kier alpha value is -1.59. The molecule has 148 valence electrons. The summed E-state index contributed by atoms with van der Waals surface area (Å²) in [6.45, 7) is 0.625. The molecule has 5 nitrogen and oxygen atoms in total. The molecule has 0 saturated heterocycles. The molecule has 0 heterocycles. The van der Waals surface area contributed by atoms with E-state index in [1.54, 1.807) is 12.1 Å². The Morgan fingerprint density at radius 2 is 1.59 bits per heavy atom. The number of carbonyl (C=O) groups excluding carboxylic acids is 2. The van der Waals surface area contributed by atoms with Gasteiger partial charge in [0.05, 0.1) is 0 Å². The van der Waals surface area contributed by atoms with Crippen molar-refractivity contribution >= 4 is 24.2 Å². The maximum absolute atomic E-state index is 13.3. The Morgan fingerprint density at radius 3 is 2.11 bits per heavy atom. The van der Waals surface area contributed by atoms with Gasteiger partial charge in [0, 0.05) is 30.1 Å². The molecule has 2 bridgehead atoms. The molecule has 0 radical (unpaired) electrons. The fourth-order valence-electron chi connectivity index (χ4n) is 4.97. The molecule has 4 rings (SSSR count). The van der Waals surface area contributed by atoms with Crippen LogP contribution in [0, 0.1) is 17.8 Å². The van der Waals surface area contributed by atoms with Crippen molar-refractivity contribution in [1.29, 1.82) is 0 Å². The fourth-order valence-corrected chi connectivity index (χ4v) is 4.97. The van der Waals surface area contributed by atoms with E-state index >= 15 is 0 Å². The van der Waals surface area contributed by atoms with Crippen LogP contribution in [0.3, 0.4) is 0 Å². The lowest BCUT2D eigenvalue weighted by Gasteiger charge is -2.44. The van der Waals surface area contributed by atoms with Crippen LogP contribution in [0.2, 0.25) is 0 Å². The zero-order valence-corrected chi connectivity index (χ0v) is 16.5. The molecule has 1 aromatic rings. The van der Waals surface area contributed by atoms with E-state index in [1.165, 1.54) is 19.3 Å². The molecule has 0 aliphatic heterocycles. The van der Waals surface area contributed by atoms with Crippen LogP contribution in [0.5, 0.6) is 0 Å². The largest absolute Gasteiger partial charge is 0.366 e. The quantitative estimate of drug-likeness (QED) is 0.808. The molecule has 2 atom stereocenters. The summed E-state index contributed by atoms with van der Waals surface area (Å²) in [4.78, 5) is 26.6. The Labute approximate surface area is 167 Å². The van der Waals surface area contributed by atoms with Gasteiger partial charge in [0.15, 0.2) is 0 Å². The van der Waals surface area contributed by atoms with E-state index in [2.05, 4.69) is 4.90 Å². The first-order valence-corrected chi connectivity index (χ1v) is 9.97. The number of benzene rings is 1. The van der Waals surface area contributed by atoms with Gasteiger partial charge < -0.3 is 16.4 Å². The molecule has 0 aromatic heterocycles. The number of amides is 2. The van der Waals surface area contributed by atoms with Crippen LogP contribution in [0.15, 0.2) is 24.3 Å². The van der Waals surface area contributed by atoms with Crippen molar-refractivity contribution in [3.63, 3.8) is 0 Å². The van der Waals surface area contributed by atoms with Gasteiger partial charge in [0.25, 0.3) is 0 Å². The van der Waals surface area contributed by atoms with Crippen molar-refractivity contribution in [3.05, 3.63) is 35.4 Å². The topological polar surface area (TPSA) is 89.4 Å². The summed E-state index contributed by atoms with van der Waals surface area (Å²) in [5.74, 6) is 1.07.